The van der Waals surface area contributed by atoms with Gasteiger partial charge in [0.05, 0.1) is 0 Å². The van der Waals surface area contributed by atoms with Crippen molar-refractivity contribution in [1.29, 1.82) is 0 Å². The van der Waals surface area contributed by atoms with E-state index < -0.39 is 0 Å². The highest BCUT2D eigenvalue weighted by atomic mass is 15.1. The molecule has 0 aliphatic carbocycles. The van der Waals surface area contributed by atoms with Gasteiger partial charge >= 0.3 is 0 Å². The minimum atomic E-state index is 0.129. The standard InChI is InChI=1S/C16H26N4/c1-11(2)20-14(9-12(17)10-16(3,4)5)19-13-7-6-8-18-15(13)20/h6-8,11-12H,9-10,17H2,1-5H3. The Hall–Kier alpha value is -1.42. The second-order valence-corrected chi connectivity index (χ2v) is 7.07. The summed E-state index contributed by atoms with van der Waals surface area (Å²) in [5, 5.41) is 0. The normalized spacial score (nSPS) is 14.2. The Morgan fingerprint density at radius 1 is 1.30 bits per heavy atom. The SMILES string of the molecule is CC(C)n1c(CC(N)CC(C)(C)C)nc2cccnc21. The van der Waals surface area contributed by atoms with Gasteiger partial charge in [-0.2, -0.15) is 0 Å². The number of hydrogen-bond acceptors (Lipinski definition) is 3. The first-order valence-electron chi connectivity index (χ1n) is 7.35. The molecule has 0 aliphatic rings. The van der Waals surface area contributed by atoms with Gasteiger partial charge in [0.2, 0.25) is 0 Å². The van der Waals surface area contributed by atoms with Crippen LogP contribution < -0.4 is 5.73 Å². The summed E-state index contributed by atoms with van der Waals surface area (Å²) >= 11 is 0. The van der Waals surface area contributed by atoms with Gasteiger partial charge in [-0.25, -0.2) is 9.97 Å². The molecule has 0 radical (unpaired) electrons. The molecular formula is C16H26N4. The minimum Gasteiger partial charge on any atom is -0.327 e. The van der Waals surface area contributed by atoms with Crippen molar-refractivity contribution in [3.63, 3.8) is 0 Å². The van der Waals surface area contributed by atoms with Crippen LogP contribution in [0, 0.1) is 5.41 Å². The van der Waals surface area contributed by atoms with Crippen molar-refractivity contribution in [1.82, 2.24) is 14.5 Å². The Labute approximate surface area is 121 Å². The molecule has 2 aromatic heterocycles. The summed E-state index contributed by atoms with van der Waals surface area (Å²) in [4.78, 5) is 9.19. The zero-order valence-corrected chi connectivity index (χ0v) is 13.2. The van der Waals surface area contributed by atoms with Crippen LogP contribution in [0.4, 0.5) is 0 Å². The molecule has 2 N–H and O–H groups in total. The zero-order valence-electron chi connectivity index (χ0n) is 13.2. The van der Waals surface area contributed by atoms with Gasteiger partial charge in [-0.3, -0.25) is 0 Å². The van der Waals surface area contributed by atoms with Crippen LogP contribution in [0.3, 0.4) is 0 Å². The zero-order chi connectivity index (χ0) is 14.9. The molecule has 0 aliphatic heterocycles. The van der Waals surface area contributed by atoms with Crippen LogP contribution in [0.5, 0.6) is 0 Å². The molecule has 0 aromatic carbocycles. The molecule has 0 spiro atoms. The van der Waals surface area contributed by atoms with Gasteiger partial charge in [0, 0.05) is 24.7 Å². The second-order valence-electron chi connectivity index (χ2n) is 7.07. The lowest BCUT2D eigenvalue weighted by Gasteiger charge is -2.23. The van der Waals surface area contributed by atoms with Crippen molar-refractivity contribution in [2.75, 3.05) is 0 Å². The van der Waals surface area contributed by atoms with Gasteiger partial charge in [0.25, 0.3) is 0 Å². The van der Waals surface area contributed by atoms with Gasteiger partial charge < -0.3 is 10.3 Å². The molecule has 110 valence electrons. The molecule has 0 fully saturated rings. The summed E-state index contributed by atoms with van der Waals surface area (Å²) in [6.45, 7) is 11.0. The third-order valence-electron chi connectivity index (χ3n) is 3.36. The molecule has 20 heavy (non-hydrogen) atoms. The van der Waals surface area contributed by atoms with E-state index in [1.807, 2.05) is 18.3 Å². The molecule has 2 aromatic rings. The van der Waals surface area contributed by atoms with E-state index in [0.29, 0.717) is 6.04 Å². The largest absolute Gasteiger partial charge is 0.327 e. The monoisotopic (exact) mass is 274 g/mol. The van der Waals surface area contributed by atoms with E-state index in [4.69, 9.17) is 10.7 Å². The van der Waals surface area contributed by atoms with E-state index in [0.717, 1.165) is 29.8 Å². The van der Waals surface area contributed by atoms with E-state index in [9.17, 15) is 0 Å². The molecule has 0 saturated heterocycles. The van der Waals surface area contributed by atoms with Crippen molar-refractivity contribution in [3.8, 4) is 0 Å². The summed E-state index contributed by atoms with van der Waals surface area (Å²) in [5.41, 5.74) is 8.47. The Morgan fingerprint density at radius 3 is 2.60 bits per heavy atom. The van der Waals surface area contributed by atoms with Crippen LogP contribution in [0.15, 0.2) is 18.3 Å². The van der Waals surface area contributed by atoms with Crippen molar-refractivity contribution in [3.05, 3.63) is 24.2 Å². The highest BCUT2D eigenvalue weighted by molar-refractivity contribution is 5.71. The number of rotatable bonds is 4. The molecule has 0 amide bonds. The van der Waals surface area contributed by atoms with Crippen LogP contribution >= 0.6 is 0 Å². The number of nitrogens with zero attached hydrogens (tertiary/aromatic N) is 3. The number of imidazole rings is 1. The second kappa shape index (κ2) is 5.52. The average molecular weight is 274 g/mol. The highest BCUT2D eigenvalue weighted by Gasteiger charge is 2.20. The maximum absolute atomic E-state index is 6.31. The van der Waals surface area contributed by atoms with Gasteiger partial charge in [-0.15, -0.1) is 0 Å². The smallest absolute Gasteiger partial charge is 0.160 e. The van der Waals surface area contributed by atoms with Gasteiger partial charge in [-0.1, -0.05) is 20.8 Å². The third-order valence-corrected chi connectivity index (χ3v) is 3.36. The number of pyridine rings is 1. The van der Waals surface area contributed by atoms with Gasteiger partial charge in [-0.05, 0) is 37.8 Å². The van der Waals surface area contributed by atoms with E-state index in [1.54, 1.807) is 0 Å². The van der Waals surface area contributed by atoms with E-state index >= 15 is 0 Å². The molecule has 0 bridgehead atoms. The Kier molecular flexibility index (Phi) is 4.14. The predicted molar refractivity (Wildman–Crippen MR) is 83.7 cm³/mol. The van der Waals surface area contributed by atoms with Crippen LogP contribution in [0.2, 0.25) is 0 Å². The summed E-state index contributed by atoms with van der Waals surface area (Å²) in [6.07, 6.45) is 3.61. The van der Waals surface area contributed by atoms with Gasteiger partial charge in [0.1, 0.15) is 11.3 Å². The number of fused-ring (bicyclic) bond motifs is 1. The van der Waals surface area contributed by atoms with E-state index in [-0.39, 0.29) is 11.5 Å². The van der Waals surface area contributed by atoms with Crippen molar-refractivity contribution < 1.29 is 0 Å². The lowest BCUT2D eigenvalue weighted by molar-refractivity contribution is 0.334. The van der Waals surface area contributed by atoms with Gasteiger partial charge in [0.15, 0.2) is 5.65 Å². The molecular weight excluding hydrogens is 248 g/mol. The summed E-state index contributed by atoms with van der Waals surface area (Å²) in [5.74, 6) is 1.05. The highest BCUT2D eigenvalue weighted by Crippen LogP contribution is 2.24. The molecule has 1 unspecified atom stereocenters. The van der Waals surface area contributed by atoms with Crippen molar-refractivity contribution in [2.45, 2.75) is 59.5 Å². The Balaban J connectivity index is 2.32. The number of hydrogen-bond donors (Lipinski definition) is 1. The summed E-state index contributed by atoms with van der Waals surface area (Å²) in [7, 11) is 0. The predicted octanol–water partition coefficient (Wildman–Crippen LogP) is 3.32. The van der Waals surface area contributed by atoms with Crippen LogP contribution in [0.25, 0.3) is 11.2 Å². The van der Waals surface area contributed by atoms with E-state index in [1.165, 1.54) is 0 Å². The Bertz CT molecular complexity index is 578. The molecule has 4 heteroatoms. The average Bonchev–Trinajstić information content (AvgIpc) is 2.63. The third kappa shape index (κ3) is 3.37. The fourth-order valence-electron chi connectivity index (χ4n) is 2.76. The lowest BCUT2D eigenvalue weighted by atomic mass is 9.87. The maximum atomic E-state index is 6.31. The molecule has 2 heterocycles. The number of aromatic nitrogens is 3. The Morgan fingerprint density at radius 2 is 2.00 bits per heavy atom. The summed E-state index contributed by atoms with van der Waals surface area (Å²) in [6, 6.07) is 4.41. The fourth-order valence-corrected chi connectivity index (χ4v) is 2.76. The first-order valence-corrected chi connectivity index (χ1v) is 7.35. The molecule has 1 atom stereocenters. The number of nitrogens with two attached hydrogens (primary N) is 1. The topological polar surface area (TPSA) is 56.7 Å². The van der Waals surface area contributed by atoms with Crippen LogP contribution in [0.1, 0.15) is 52.9 Å². The quantitative estimate of drug-likeness (QED) is 0.930. The van der Waals surface area contributed by atoms with Crippen LogP contribution in [-0.2, 0) is 6.42 Å². The first-order chi connectivity index (χ1) is 9.28. The van der Waals surface area contributed by atoms with Crippen molar-refractivity contribution in [2.24, 2.45) is 11.1 Å². The molecule has 4 nitrogen and oxygen atoms in total. The minimum absolute atomic E-state index is 0.129. The first kappa shape index (κ1) is 15.0. The van der Waals surface area contributed by atoms with Crippen LogP contribution in [-0.4, -0.2) is 20.6 Å². The van der Waals surface area contributed by atoms with Crippen molar-refractivity contribution >= 4 is 11.2 Å². The maximum Gasteiger partial charge on any atom is 0.160 e. The lowest BCUT2D eigenvalue weighted by Crippen LogP contribution is -2.29. The summed E-state index contributed by atoms with van der Waals surface area (Å²) < 4.78 is 2.21. The molecule has 0 saturated carbocycles. The molecule has 2 rings (SSSR count). The van der Waals surface area contributed by atoms with E-state index in [2.05, 4.69) is 44.2 Å². The fraction of sp³-hybridized carbons (Fsp3) is 0.625.